The van der Waals surface area contributed by atoms with Gasteiger partial charge in [0.2, 0.25) is 11.8 Å². The van der Waals surface area contributed by atoms with E-state index in [4.69, 9.17) is 5.26 Å². The molecule has 0 bridgehead atoms. The molecule has 2 amide bonds. The Labute approximate surface area is 160 Å². The van der Waals surface area contributed by atoms with E-state index in [0.717, 1.165) is 21.3 Å². The Kier molecular flexibility index (Phi) is 6.13. The van der Waals surface area contributed by atoms with E-state index in [-0.39, 0.29) is 37.7 Å². The van der Waals surface area contributed by atoms with Gasteiger partial charge < -0.3 is 10.6 Å². The number of nitrogens with zero attached hydrogens (tertiary/aromatic N) is 2. The molecule has 0 aliphatic heterocycles. The number of carbonyl (C=O) groups excluding carboxylic acids is 2. The van der Waals surface area contributed by atoms with Gasteiger partial charge in [0.05, 0.1) is 35.7 Å². The molecule has 7 heteroatoms. The molecule has 0 saturated carbocycles. The van der Waals surface area contributed by atoms with E-state index in [2.05, 4.69) is 33.8 Å². The lowest BCUT2D eigenvalue weighted by atomic mass is 10.1. The summed E-state index contributed by atoms with van der Waals surface area (Å²) in [6.45, 7) is 0.181. The zero-order valence-electron chi connectivity index (χ0n) is 14.6. The number of amides is 2. The van der Waals surface area contributed by atoms with Crippen LogP contribution in [0.3, 0.4) is 0 Å². The molecule has 0 unspecified atom stereocenters. The first-order chi connectivity index (χ1) is 13.2. The zero-order valence-corrected chi connectivity index (χ0v) is 15.4. The topological polar surface area (TPSA) is 94.9 Å². The summed E-state index contributed by atoms with van der Waals surface area (Å²) >= 11 is 1.48. The molecule has 27 heavy (non-hydrogen) atoms. The summed E-state index contributed by atoms with van der Waals surface area (Å²) in [6, 6.07) is 18.1. The molecule has 1 heterocycles. The van der Waals surface area contributed by atoms with Crippen molar-refractivity contribution in [1.82, 2.24) is 15.6 Å². The summed E-state index contributed by atoms with van der Waals surface area (Å²) in [5.41, 5.74) is 3.10. The Morgan fingerprint density at radius 1 is 1.04 bits per heavy atom. The van der Waals surface area contributed by atoms with E-state index in [1.807, 2.05) is 36.4 Å². The molecule has 2 N–H and O–H groups in total. The van der Waals surface area contributed by atoms with Crippen LogP contribution in [0.4, 0.5) is 0 Å². The second kappa shape index (κ2) is 8.92. The fourth-order valence-corrected chi connectivity index (χ4v) is 3.56. The standard InChI is InChI=1S/C20H18N4O2S/c21-9-4-10-22-19(26)13-23-18(25)12-20-24-16-8-7-15(11-17(16)27-20)14-5-2-1-3-6-14/h1-3,5-8,11H,4,10,12-13H2,(H,22,26)(H,23,25). The van der Waals surface area contributed by atoms with Gasteiger partial charge in [-0.15, -0.1) is 11.3 Å². The minimum Gasteiger partial charge on any atom is -0.354 e. The average molecular weight is 378 g/mol. The molecule has 0 radical (unpaired) electrons. The van der Waals surface area contributed by atoms with Crippen LogP contribution in [0, 0.1) is 11.3 Å². The fourth-order valence-electron chi connectivity index (χ4n) is 2.56. The van der Waals surface area contributed by atoms with Crippen LogP contribution in [-0.4, -0.2) is 29.9 Å². The van der Waals surface area contributed by atoms with Crippen LogP contribution in [-0.2, 0) is 16.0 Å². The van der Waals surface area contributed by atoms with Gasteiger partial charge in [-0.2, -0.15) is 5.26 Å². The summed E-state index contributed by atoms with van der Waals surface area (Å²) < 4.78 is 1.02. The minimum absolute atomic E-state index is 0.104. The zero-order chi connectivity index (χ0) is 19.1. The number of aromatic nitrogens is 1. The van der Waals surface area contributed by atoms with Gasteiger partial charge in [0, 0.05) is 6.54 Å². The molecule has 136 valence electrons. The van der Waals surface area contributed by atoms with E-state index < -0.39 is 0 Å². The van der Waals surface area contributed by atoms with Gasteiger partial charge in [-0.3, -0.25) is 9.59 Å². The molecule has 3 rings (SSSR count). The molecule has 0 saturated heterocycles. The van der Waals surface area contributed by atoms with Crippen molar-refractivity contribution in [3.8, 4) is 17.2 Å². The molecule has 0 spiro atoms. The van der Waals surface area contributed by atoms with Crippen molar-refractivity contribution in [2.75, 3.05) is 13.1 Å². The largest absolute Gasteiger partial charge is 0.354 e. The second-order valence-corrected chi connectivity index (χ2v) is 6.98. The van der Waals surface area contributed by atoms with E-state index in [1.54, 1.807) is 0 Å². The number of fused-ring (bicyclic) bond motifs is 1. The van der Waals surface area contributed by atoms with Crippen molar-refractivity contribution in [3.63, 3.8) is 0 Å². The lowest BCUT2D eigenvalue weighted by Crippen LogP contribution is -2.37. The van der Waals surface area contributed by atoms with Gasteiger partial charge in [0.15, 0.2) is 0 Å². The van der Waals surface area contributed by atoms with Gasteiger partial charge in [0.1, 0.15) is 5.01 Å². The summed E-state index contributed by atoms with van der Waals surface area (Å²) in [4.78, 5) is 28.1. The smallest absolute Gasteiger partial charge is 0.239 e. The Morgan fingerprint density at radius 3 is 2.63 bits per heavy atom. The van der Waals surface area contributed by atoms with Crippen LogP contribution in [0.25, 0.3) is 21.3 Å². The molecule has 3 aromatic rings. The number of nitriles is 1. The van der Waals surface area contributed by atoms with Gasteiger partial charge in [0.25, 0.3) is 0 Å². The molecular weight excluding hydrogens is 360 g/mol. The highest BCUT2D eigenvalue weighted by Crippen LogP contribution is 2.28. The molecule has 0 fully saturated rings. The van der Waals surface area contributed by atoms with Crippen LogP contribution >= 0.6 is 11.3 Å². The normalized spacial score (nSPS) is 10.3. The molecule has 0 atom stereocenters. The predicted octanol–water partition coefficient (Wildman–Crippen LogP) is 2.65. The SMILES string of the molecule is N#CCCNC(=O)CNC(=O)Cc1nc2ccc(-c3ccccc3)cc2s1. The number of thiazole rings is 1. The second-order valence-electron chi connectivity index (χ2n) is 5.87. The molecule has 0 aliphatic rings. The highest BCUT2D eigenvalue weighted by Gasteiger charge is 2.11. The van der Waals surface area contributed by atoms with Gasteiger partial charge in [-0.1, -0.05) is 36.4 Å². The Hall–Kier alpha value is -3.24. The monoisotopic (exact) mass is 378 g/mol. The number of carbonyl (C=O) groups is 2. The molecule has 1 aromatic heterocycles. The van der Waals surface area contributed by atoms with Crippen molar-refractivity contribution in [2.24, 2.45) is 0 Å². The number of nitrogens with one attached hydrogen (secondary N) is 2. The Bertz CT molecular complexity index is 992. The first-order valence-corrected chi connectivity index (χ1v) is 9.32. The number of rotatable bonds is 7. The Morgan fingerprint density at radius 2 is 1.85 bits per heavy atom. The van der Waals surface area contributed by atoms with Crippen LogP contribution in [0.15, 0.2) is 48.5 Å². The van der Waals surface area contributed by atoms with Gasteiger partial charge in [-0.05, 0) is 23.3 Å². The van der Waals surface area contributed by atoms with Crippen LogP contribution in [0.5, 0.6) is 0 Å². The van der Waals surface area contributed by atoms with Gasteiger partial charge in [-0.25, -0.2) is 4.98 Å². The van der Waals surface area contributed by atoms with E-state index >= 15 is 0 Å². The first-order valence-electron chi connectivity index (χ1n) is 8.51. The summed E-state index contributed by atoms with van der Waals surface area (Å²) in [6.07, 6.45) is 0.377. The average Bonchev–Trinajstić information content (AvgIpc) is 3.08. The van der Waals surface area contributed by atoms with Crippen molar-refractivity contribution < 1.29 is 9.59 Å². The number of hydrogen-bond donors (Lipinski definition) is 2. The van der Waals surface area contributed by atoms with Gasteiger partial charge >= 0.3 is 0 Å². The summed E-state index contributed by atoms with van der Waals surface area (Å²) in [5, 5.41) is 14.3. The first kappa shape index (κ1) is 18.5. The number of benzene rings is 2. The van der Waals surface area contributed by atoms with Crippen LogP contribution in [0.1, 0.15) is 11.4 Å². The molecule has 2 aromatic carbocycles. The maximum Gasteiger partial charge on any atom is 0.239 e. The number of hydrogen-bond acceptors (Lipinski definition) is 5. The Balaban J connectivity index is 1.60. The van der Waals surface area contributed by atoms with Crippen molar-refractivity contribution in [3.05, 3.63) is 53.5 Å². The van der Waals surface area contributed by atoms with Crippen LogP contribution in [0.2, 0.25) is 0 Å². The van der Waals surface area contributed by atoms with E-state index in [1.165, 1.54) is 11.3 Å². The summed E-state index contributed by atoms with van der Waals surface area (Å²) in [7, 11) is 0. The van der Waals surface area contributed by atoms with Crippen molar-refractivity contribution in [1.29, 1.82) is 5.26 Å². The highest BCUT2D eigenvalue weighted by atomic mass is 32.1. The van der Waals surface area contributed by atoms with E-state index in [0.29, 0.717) is 5.01 Å². The highest BCUT2D eigenvalue weighted by molar-refractivity contribution is 7.18. The maximum absolute atomic E-state index is 12.0. The molecular formula is C20H18N4O2S. The summed E-state index contributed by atoms with van der Waals surface area (Å²) in [5.74, 6) is -0.567. The van der Waals surface area contributed by atoms with Crippen molar-refractivity contribution in [2.45, 2.75) is 12.8 Å². The predicted molar refractivity (Wildman–Crippen MR) is 105 cm³/mol. The third kappa shape index (κ3) is 5.12. The lowest BCUT2D eigenvalue weighted by molar-refractivity contribution is -0.125. The third-order valence-corrected chi connectivity index (χ3v) is 4.87. The molecule has 0 aliphatic carbocycles. The fraction of sp³-hybridized carbons (Fsp3) is 0.200. The molecule has 6 nitrogen and oxygen atoms in total. The lowest BCUT2D eigenvalue weighted by Gasteiger charge is -2.04. The van der Waals surface area contributed by atoms with Crippen LogP contribution < -0.4 is 10.6 Å². The maximum atomic E-state index is 12.0. The third-order valence-electron chi connectivity index (χ3n) is 3.86. The quantitative estimate of drug-likeness (QED) is 0.618. The van der Waals surface area contributed by atoms with E-state index in [9.17, 15) is 9.59 Å². The minimum atomic E-state index is -0.310. The van der Waals surface area contributed by atoms with Crippen molar-refractivity contribution >= 4 is 33.4 Å².